The van der Waals surface area contributed by atoms with E-state index in [0.29, 0.717) is 11.0 Å². The summed E-state index contributed by atoms with van der Waals surface area (Å²) in [7, 11) is 1.48. The number of halogens is 2. The highest BCUT2D eigenvalue weighted by molar-refractivity contribution is 6.05. The highest BCUT2D eigenvalue weighted by Crippen LogP contribution is 2.17. The van der Waals surface area contributed by atoms with E-state index >= 15 is 0 Å². The molecule has 2 aromatic heterocycles. The zero-order valence-electron chi connectivity index (χ0n) is 12.0. The van der Waals surface area contributed by atoms with Gasteiger partial charge in [-0.2, -0.15) is 0 Å². The van der Waals surface area contributed by atoms with Crippen LogP contribution < -0.4 is 10.9 Å². The van der Waals surface area contributed by atoms with Crippen LogP contribution in [0.1, 0.15) is 10.4 Å². The van der Waals surface area contributed by atoms with Gasteiger partial charge in [0.1, 0.15) is 22.8 Å². The maximum absolute atomic E-state index is 13.6. The number of carbonyl (C=O) groups excluding carboxylic acids is 1. The van der Waals surface area contributed by atoms with Gasteiger partial charge in [-0.25, -0.2) is 13.8 Å². The Morgan fingerprint density at radius 3 is 2.78 bits per heavy atom. The smallest absolute Gasteiger partial charge is 0.264 e. The fraction of sp³-hybridized carbons (Fsp3) is 0.0625. The van der Waals surface area contributed by atoms with Gasteiger partial charge in [-0.05, 0) is 30.3 Å². The maximum Gasteiger partial charge on any atom is 0.264 e. The van der Waals surface area contributed by atoms with Crippen molar-refractivity contribution in [1.29, 1.82) is 0 Å². The van der Waals surface area contributed by atoms with Gasteiger partial charge in [-0.1, -0.05) is 0 Å². The molecule has 0 radical (unpaired) electrons. The third-order valence-corrected chi connectivity index (χ3v) is 3.39. The van der Waals surface area contributed by atoms with Crippen molar-refractivity contribution in [1.82, 2.24) is 9.55 Å². The summed E-state index contributed by atoms with van der Waals surface area (Å²) in [6, 6.07) is 7.42. The molecule has 3 rings (SSSR count). The second-order valence-electron chi connectivity index (χ2n) is 4.92. The van der Waals surface area contributed by atoms with Crippen LogP contribution in [0.25, 0.3) is 11.0 Å². The molecule has 0 aliphatic rings. The molecule has 0 saturated carbocycles. The van der Waals surface area contributed by atoms with Crippen molar-refractivity contribution in [3.63, 3.8) is 0 Å². The minimum absolute atomic E-state index is 0.184. The number of aryl methyl sites for hydroxylation is 1. The van der Waals surface area contributed by atoms with Gasteiger partial charge in [0.2, 0.25) is 0 Å². The molecule has 0 saturated heterocycles. The lowest BCUT2D eigenvalue weighted by molar-refractivity contribution is 0.102. The summed E-state index contributed by atoms with van der Waals surface area (Å²) < 4.78 is 28.0. The van der Waals surface area contributed by atoms with Crippen LogP contribution in [0, 0.1) is 11.6 Å². The van der Waals surface area contributed by atoms with Crippen LogP contribution in [0.2, 0.25) is 0 Å². The zero-order valence-corrected chi connectivity index (χ0v) is 12.0. The Bertz CT molecular complexity index is 983. The lowest BCUT2D eigenvalue weighted by Gasteiger charge is -2.09. The van der Waals surface area contributed by atoms with E-state index in [1.807, 2.05) is 0 Å². The predicted octanol–water partition coefficient (Wildman–Crippen LogP) is 2.46. The largest absolute Gasteiger partial charge is 0.319 e. The molecule has 116 valence electrons. The molecule has 23 heavy (non-hydrogen) atoms. The van der Waals surface area contributed by atoms with Gasteiger partial charge in [-0.3, -0.25) is 14.2 Å². The number of pyridine rings is 2. The number of fused-ring (bicyclic) bond motifs is 1. The highest BCUT2D eigenvalue weighted by Gasteiger charge is 2.16. The average Bonchev–Trinajstić information content (AvgIpc) is 2.54. The topological polar surface area (TPSA) is 64.0 Å². The Labute approximate surface area is 129 Å². The third kappa shape index (κ3) is 2.68. The van der Waals surface area contributed by atoms with Crippen molar-refractivity contribution in [3.05, 3.63) is 70.1 Å². The van der Waals surface area contributed by atoms with E-state index < -0.39 is 23.1 Å². The number of amides is 1. The number of hydrogen-bond donors (Lipinski definition) is 1. The van der Waals surface area contributed by atoms with Crippen LogP contribution in [-0.4, -0.2) is 15.5 Å². The van der Waals surface area contributed by atoms with Gasteiger partial charge >= 0.3 is 0 Å². The van der Waals surface area contributed by atoms with E-state index in [4.69, 9.17) is 0 Å². The molecule has 1 N–H and O–H groups in total. The number of carbonyl (C=O) groups is 1. The zero-order chi connectivity index (χ0) is 16.6. The molecule has 1 amide bonds. The van der Waals surface area contributed by atoms with Gasteiger partial charge in [0, 0.05) is 24.7 Å². The standard InChI is InChI=1S/C16H11F2N3O2/c1-21-14-9(3-2-6-19-14)7-11(16(21)23)15(22)20-13-8-10(17)4-5-12(13)18/h2-8H,1H3,(H,20,22). The highest BCUT2D eigenvalue weighted by atomic mass is 19.1. The van der Waals surface area contributed by atoms with E-state index in [2.05, 4.69) is 10.3 Å². The van der Waals surface area contributed by atoms with Crippen molar-refractivity contribution in [2.45, 2.75) is 0 Å². The second kappa shape index (κ2) is 5.60. The number of benzene rings is 1. The van der Waals surface area contributed by atoms with Crippen molar-refractivity contribution in [3.8, 4) is 0 Å². The first-order valence-electron chi connectivity index (χ1n) is 6.68. The summed E-state index contributed by atoms with van der Waals surface area (Å²) in [5.74, 6) is -2.31. The molecule has 0 aliphatic carbocycles. The summed E-state index contributed by atoms with van der Waals surface area (Å²) in [6.45, 7) is 0. The lowest BCUT2D eigenvalue weighted by atomic mass is 10.2. The molecule has 0 unspecified atom stereocenters. The van der Waals surface area contributed by atoms with Crippen LogP contribution in [0.3, 0.4) is 0 Å². The maximum atomic E-state index is 13.6. The van der Waals surface area contributed by atoms with Gasteiger partial charge in [0.05, 0.1) is 5.69 Å². The van der Waals surface area contributed by atoms with Gasteiger partial charge in [0.25, 0.3) is 11.5 Å². The molecule has 7 heteroatoms. The number of rotatable bonds is 2. The van der Waals surface area contributed by atoms with Crippen LogP contribution >= 0.6 is 0 Å². The third-order valence-electron chi connectivity index (χ3n) is 3.39. The molecule has 0 spiro atoms. The van der Waals surface area contributed by atoms with Crippen LogP contribution in [-0.2, 0) is 7.05 Å². The quantitative estimate of drug-likeness (QED) is 0.790. The molecule has 1 aromatic carbocycles. The Hall–Kier alpha value is -3.09. The summed E-state index contributed by atoms with van der Waals surface area (Å²) in [6.07, 6.45) is 1.53. The molecule has 5 nitrogen and oxygen atoms in total. The van der Waals surface area contributed by atoms with Crippen LogP contribution in [0.4, 0.5) is 14.5 Å². The van der Waals surface area contributed by atoms with Gasteiger partial charge in [0.15, 0.2) is 0 Å². The summed E-state index contributed by atoms with van der Waals surface area (Å²) >= 11 is 0. The fourth-order valence-corrected chi connectivity index (χ4v) is 2.24. The number of hydrogen-bond acceptors (Lipinski definition) is 3. The Morgan fingerprint density at radius 2 is 2.00 bits per heavy atom. The Morgan fingerprint density at radius 1 is 1.22 bits per heavy atom. The summed E-state index contributed by atoms with van der Waals surface area (Å²) in [5.41, 5.74) is -0.670. The van der Waals surface area contributed by atoms with Crippen molar-refractivity contribution in [2.75, 3.05) is 5.32 Å². The predicted molar refractivity (Wildman–Crippen MR) is 81.3 cm³/mol. The average molecular weight is 315 g/mol. The Kier molecular flexibility index (Phi) is 3.61. The van der Waals surface area contributed by atoms with Crippen molar-refractivity contribution < 1.29 is 13.6 Å². The number of aromatic nitrogens is 2. The molecular formula is C16H11F2N3O2. The first-order valence-corrected chi connectivity index (χ1v) is 6.68. The van der Waals surface area contributed by atoms with E-state index in [9.17, 15) is 18.4 Å². The summed E-state index contributed by atoms with van der Waals surface area (Å²) in [5, 5.41) is 2.80. The van der Waals surface area contributed by atoms with Crippen molar-refractivity contribution >= 4 is 22.6 Å². The minimum atomic E-state index is -0.819. The number of nitrogens with zero attached hydrogens (tertiary/aromatic N) is 2. The van der Waals surface area contributed by atoms with Crippen LogP contribution in [0.15, 0.2) is 47.4 Å². The second-order valence-corrected chi connectivity index (χ2v) is 4.92. The van der Waals surface area contributed by atoms with E-state index in [0.717, 1.165) is 18.2 Å². The summed E-state index contributed by atoms with van der Waals surface area (Å²) in [4.78, 5) is 28.6. The molecule has 0 aliphatic heterocycles. The molecule has 3 aromatic rings. The normalized spacial score (nSPS) is 10.7. The fourth-order valence-electron chi connectivity index (χ4n) is 2.24. The van der Waals surface area contributed by atoms with Crippen LogP contribution in [0.5, 0.6) is 0 Å². The molecule has 2 heterocycles. The molecule has 0 atom stereocenters. The van der Waals surface area contributed by atoms with E-state index in [1.165, 1.54) is 23.9 Å². The number of nitrogens with one attached hydrogen (secondary N) is 1. The van der Waals surface area contributed by atoms with Gasteiger partial charge < -0.3 is 5.32 Å². The number of anilines is 1. The molecule has 0 bridgehead atoms. The Balaban J connectivity index is 2.06. The van der Waals surface area contributed by atoms with E-state index in [1.54, 1.807) is 12.1 Å². The first kappa shape index (κ1) is 14.8. The monoisotopic (exact) mass is 315 g/mol. The van der Waals surface area contributed by atoms with Crippen molar-refractivity contribution in [2.24, 2.45) is 7.05 Å². The molecular weight excluding hydrogens is 304 g/mol. The first-order chi connectivity index (χ1) is 11.0. The van der Waals surface area contributed by atoms with Gasteiger partial charge in [-0.15, -0.1) is 0 Å². The molecule has 0 fully saturated rings. The lowest BCUT2D eigenvalue weighted by Crippen LogP contribution is -2.28. The SMILES string of the molecule is Cn1c(=O)c(C(=O)Nc2cc(F)ccc2F)cc2cccnc21. The minimum Gasteiger partial charge on any atom is -0.319 e. The van der Waals surface area contributed by atoms with E-state index in [-0.39, 0.29) is 11.3 Å².